The molecule has 13 heavy (non-hydrogen) atoms. The van der Waals surface area contributed by atoms with Crippen molar-refractivity contribution < 1.29 is 9.53 Å². The van der Waals surface area contributed by atoms with Crippen LogP contribution in [0.25, 0.3) is 0 Å². The summed E-state index contributed by atoms with van der Waals surface area (Å²) in [4.78, 5) is 13.9. The molecule has 1 unspecified atom stereocenters. The lowest BCUT2D eigenvalue weighted by Crippen LogP contribution is -2.43. The van der Waals surface area contributed by atoms with Gasteiger partial charge in [0.15, 0.2) is 0 Å². The smallest absolute Gasteiger partial charge is 0.312 e. The molecule has 0 bridgehead atoms. The topological polar surface area (TPSA) is 29.5 Å². The summed E-state index contributed by atoms with van der Waals surface area (Å²) >= 11 is 0. The van der Waals surface area contributed by atoms with Crippen molar-refractivity contribution in [1.82, 2.24) is 4.90 Å². The molecule has 0 aromatic rings. The summed E-state index contributed by atoms with van der Waals surface area (Å²) in [5.74, 6) is 0.460. The molecule has 3 heteroatoms. The molecule has 2 aliphatic heterocycles. The number of likely N-dealkylation sites (tertiary alicyclic amines) is 1. The van der Waals surface area contributed by atoms with Crippen LogP contribution in [0.15, 0.2) is 0 Å². The maximum Gasteiger partial charge on any atom is 0.312 e. The lowest BCUT2D eigenvalue weighted by molar-refractivity contribution is -0.148. The highest BCUT2D eigenvalue weighted by Crippen LogP contribution is 2.43. The second-order valence-electron chi connectivity index (χ2n) is 4.46. The van der Waals surface area contributed by atoms with Crippen LogP contribution in [0.4, 0.5) is 0 Å². The molecule has 2 aliphatic rings. The van der Waals surface area contributed by atoms with E-state index in [-0.39, 0.29) is 11.4 Å². The Balaban J connectivity index is 2.15. The fraction of sp³-hybridized carbons (Fsp3) is 0.900. The van der Waals surface area contributed by atoms with Gasteiger partial charge in [-0.2, -0.15) is 0 Å². The van der Waals surface area contributed by atoms with Gasteiger partial charge in [-0.3, -0.25) is 4.79 Å². The summed E-state index contributed by atoms with van der Waals surface area (Å²) < 4.78 is 5.14. The van der Waals surface area contributed by atoms with Gasteiger partial charge in [-0.15, -0.1) is 0 Å². The summed E-state index contributed by atoms with van der Waals surface area (Å²) in [7, 11) is 2.11. The van der Waals surface area contributed by atoms with Gasteiger partial charge >= 0.3 is 5.97 Å². The molecule has 0 saturated carbocycles. The van der Waals surface area contributed by atoms with Crippen molar-refractivity contribution >= 4 is 5.97 Å². The van der Waals surface area contributed by atoms with E-state index in [1.807, 2.05) is 0 Å². The van der Waals surface area contributed by atoms with Crippen LogP contribution in [0, 0.1) is 11.3 Å². The number of cyclic esters (lactones) is 1. The van der Waals surface area contributed by atoms with Gasteiger partial charge in [0.25, 0.3) is 0 Å². The molecule has 1 atom stereocenters. The molecular formula is C10H17NO2. The van der Waals surface area contributed by atoms with E-state index in [9.17, 15) is 4.79 Å². The number of carbonyl (C=O) groups excluding carboxylic acids is 1. The third-order valence-corrected chi connectivity index (χ3v) is 3.69. The van der Waals surface area contributed by atoms with Gasteiger partial charge in [0.2, 0.25) is 0 Å². The van der Waals surface area contributed by atoms with Gasteiger partial charge in [0, 0.05) is 5.92 Å². The number of carbonyl (C=O) groups is 1. The minimum Gasteiger partial charge on any atom is -0.465 e. The number of piperidine rings is 1. The van der Waals surface area contributed by atoms with Crippen LogP contribution >= 0.6 is 0 Å². The molecule has 0 aromatic heterocycles. The highest BCUT2D eigenvalue weighted by Gasteiger charge is 2.50. The number of nitrogens with zero attached hydrogens (tertiary/aromatic N) is 1. The Bertz CT molecular complexity index is 219. The van der Waals surface area contributed by atoms with Crippen molar-refractivity contribution in [1.29, 1.82) is 0 Å². The maximum atomic E-state index is 11.6. The maximum absolute atomic E-state index is 11.6. The third kappa shape index (κ3) is 1.26. The van der Waals surface area contributed by atoms with E-state index in [0.717, 1.165) is 25.9 Å². The van der Waals surface area contributed by atoms with Crippen LogP contribution in [-0.2, 0) is 9.53 Å². The number of hydrogen-bond donors (Lipinski definition) is 0. The molecule has 0 aliphatic carbocycles. The molecule has 2 saturated heterocycles. The van der Waals surface area contributed by atoms with Crippen LogP contribution in [0.2, 0.25) is 0 Å². The standard InChI is InChI=1S/C10H17NO2/c1-8-7-13-9(12)10(8)3-5-11(2)6-4-10/h8H,3-7H2,1-2H3. The summed E-state index contributed by atoms with van der Waals surface area (Å²) in [6.07, 6.45) is 1.95. The molecule has 74 valence electrons. The van der Waals surface area contributed by atoms with Gasteiger partial charge in [0.1, 0.15) is 0 Å². The molecule has 1 spiro atoms. The van der Waals surface area contributed by atoms with Crippen LogP contribution < -0.4 is 0 Å². The Morgan fingerprint density at radius 2 is 2.08 bits per heavy atom. The minimum atomic E-state index is -0.132. The molecule has 2 rings (SSSR count). The molecule has 3 nitrogen and oxygen atoms in total. The number of esters is 1. The molecule has 0 aromatic carbocycles. The average Bonchev–Trinajstić information content (AvgIpc) is 2.39. The van der Waals surface area contributed by atoms with Gasteiger partial charge in [0.05, 0.1) is 12.0 Å². The zero-order valence-corrected chi connectivity index (χ0v) is 8.38. The largest absolute Gasteiger partial charge is 0.465 e. The van der Waals surface area contributed by atoms with E-state index in [1.165, 1.54) is 0 Å². The molecule has 2 heterocycles. The predicted molar refractivity (Wildman–Crippen MR) is 49.3 cm³/mol. The van der Waals surface area contributed by atoms with Crippen molar-refractivity contribution in [3.63, 3.8) is 0 Å². The first-order valence-corrected chi connectivity index (χ1v) is 5.01. The SMILES string of the molecule is CC1COC(=O)C12CCN(C)CC2. The second kappa shape index (κ2) is 2.98. The first kappa shape index (κ1) is 9.00. The zero-order valence-electron chi connectivity index (χ0n) is 8.38. The zero-order chi connectivity index (χ0) is 9.47. The Morgan fingerprint density at radius 1 is 1.46 bits per heavy atom. The van der Waals surface area contributed by atoms with E-state index in [2.05, 4.69) is 18.9 Å². The van der Waals surface area contributed by atoms with Crippen molar-refractivity contribution in [3.8, 4) is 0 Å². The summed E-state index contributed by atoms with van der Waals surface area (Å²) in [5, 5.41) is 0. The van der Waals surface area contributed by atoms with Crippen molar-refractivity contribution in [2.75, 3.05) is 26.7 Å². The molecule has 0 radical (unpaired) electrons. The predicted octanol–water partition coefficient (Wildman–Crippen LogP) is 0.891. The summed E-state index contributed by atoms with van der Waals surface area (Å²) in [6, 6.07) is 0. The normalized spacial score (nSPS) is 33.7. The Hall–Kier alpha value is -0.570. The van der Waals surface area contributed by atoms with Crippen LogP contribution in [0.3, 0.4) is 0 Å². The van der Waals surface area contributed by atoms with E-state index in [1.54, 1.807) is 0 Å². The van der Waals surface area contributed by atoms with Gasteiger partial charge in [-0.25, -0.2) is 0 Å². The highest BCUT2D eigenvalue weighted by molar-refractivity contribution is 5.79. The lowest BCUT2D eigenvalue weighted by atomic mass is 9.71. The Labute approximate surface area is 79.0 Å². The average molecular weight is 183 g/mol. The molecule has 2 fully saturated rings. The van der Waals surface area contributed by atoms with Crippen LogP contribution in [-0.4, -0.2) is 37.6 Å². The van der Waals surface area contributed by atoms with Gasteiger partial charge in [-0.05, 0) is 33.0 Å². The third-order valence-electron chi connectivity index (χ3n) is 3.69. The Kier molecular flexibility index (Phi) is 2.06. The molecular weight excluding hydrogens is 166 g/mol. The minimum absolute atomic E-state index is 0.0492. The second-order valence-corrected chi connectivity index (χ2v) is 4.46. The van der Waals surface area contributed by atoms with Crippen LogP contribution in [0.5, 0.6) is 0 Å². The Morgan fingerprint density at radius 3 is 2.54 bits per heavy atom. The van der Waals surface area contributed by atoms with E-state index >= 15 is 0 Å². The molecule has 0 amide bonds. The van der Waals surface area contributed by atoms with E-state index in [4.69, 9.17) is 4.74 Å². The van der Waals surface area contributed by atoms with Crippen LogP contribution in [0.1, 0.15) is 19.8 Å². The first-order valence-electron chi connectivity index (χ1n) is 5.01. The fourth-order valence-corrected chi connectivity index (χ4v) is 2.42. The lowest BCUT2D eigenvalue weighted by Gasteiger charge is -2.37. The van der Waals surface area contributed by atoms with Crippen molar-refractivity contribution in [2.45, 2.75) is 19.8 Å². The number of hydrogen-bond acceptors (Lipinski definition) is 3. The summed E-state index contributed by atoms with van der Waals surface area (Å²) in [6.45, 7) is 4.82. The monoisotopic (exact) mass is 183 g/mol. The number of rotatable bonds is 0. The van der Waals surface area contributed by atoms with Crippen molar-refractivity contribution in [2.24, 2.45) is 11.3 Å². The van der Waals surface area contributed by atoms with Gasteiger partial charge in [-0.1, -0.05) is 6.92 Å². The first-order chi connectivity index (χ1) is 6.15. The fourth-order valence-electron chi connectivity index (χ4n) is 2.42. The highest BCUT2D eigenvalue weighted by atomic mass is 16.5. The molecule has 0 N–H and O–H groups in total. The quantitative estimate of drug-likeness (QED) is 0.522. The number of ether oxygens (including phenoxy) is 1. The summed E-state index contributed by atoms with van der Waals surface area (Å²) in [5.41, 5.74) is -0.132. The van der Waals surface area contributed by atoms with Gasteiger partial charge < -0.3 is 9.64 Å². The van der Waals surface area contributed by atoms with Crippen molar-refractivity contribution in [3.05, 3.63) is 0 Å². The van der Waals surface area contributed by atoms with E-state index < -0.39 is 0 Å². The van der Waals surface area contributed by atoms with E-state index in [0.29, 0.717) is 12.5 Å².